The highest BCUT2D eigenvalue weighted by molar-refractivity contribution is 5.66. The fourth-order valence-electron chi connectivity index (χ4n) is 1.35. The average molecular weight is 206 g/mol. The molecule has 2 aromatic rings. The second kappa shape index (κ2) is 4.00. The molecule has 15 heavy (non-hydrogen) atoms. The van der Waals surface area contributed by atoms with Crippen LogP contribution in [0.2, 0.25) is 0 Å². The SMILES string of the molecule is O=C(O)CCc1nccn1-c1ccco1. The van der Waals surface area contributed by atoms with E-state index < -0.39 is 5.97 Å². The summed E-state index contributed by atoms with van der Waals surface area (Å²) < 4.78 is 6.94. The van der Waals surface area contributed by atoms with E-state index in [0.717, 1.165) is 0 Å². The maximum absolute atomic E-state index is 10.4. The largest absolute Gasteiger partial charge is 0.481 e. The van der Waals surface area contributed by atoms with Crippen molar-refractivity contribution in [3.63, 3.8) is 0 Å². The van der Waals surface area contributed by atoms with Crippen LogP contribution in [0.15, 0.2) is 35.2 Å². The molecule has 0 radical (unpaired) electrons. The van der Waals surface area contributed by atoms with Gasteiger partial charge >= 0.3 is 5.97 Å². The zero-order chi connectivity index (χ0) is 10.7. The summed E-state index contributed by atoms with van der Waals surface area (Å²) in [4.78, 5) is 14.5. The lowest BCUT2D eigenvalue weighted by molar-refractivity contribution is -0.137. The quantitative estimate of drug-likeness (QED) is 0.822. The number of aromatic nitrogens is 2. The summed E-state index contributed by atoms with van der Waals surface area (Å²) in [6.45, 7) is 0. The van der Waals surface area contributed by atoms with E-state index in [1.54, 1.807) is 35.4 Å². The van der Waals surface area contributed by atoms with Crippen molar-refractivity contribution in [2.45, 2.75) is 12.8 Å². The molecule has 0 aromatic carbocycles. The van der Waals surface area contributed by atoms with Crippen molar-refractivity contribution < 1.29 is 14.3 Å². The van der Waals surface area contributed by atoms with Gasteiger partial charge in [0.2, 0.25) is 5.88 Å². The lowest BCUT2D eigenvalue weighted by Gasteiger charge is -2.02. The molecule has 5 heteroatoms. The molecule has 2 rings (SSSR count). The Balaban J connectivity index is 2.19. The van der Waals surface area contributed by atoms with E-state index in [9.17, 15) is 4.79 Å². The molecule has 5 nitrogen and oxygen atoms in total. The van der Waals surface area contributed by atoms with Gasteiger partial charge in [-0.3, -0.25) is 9.36 Å². The second-order valence-corrected chi connectivity index (χ2v) is 3.06. The highest BCUT2D eigenvalue weighted by Gasteiger charge is 2.08. The third-order valence-corrected chi connectivity index (χ3v) is 2.02. The third kappa shape index (κ3) is 2.07. The Hall–Kier alpha value is -2.04. The van der Waals surface area contributed by atoms with Gasteiger partial charge in [0.25, 0.3) is 0 Å². The number of rotatable bonds is 4. The van der Waals surface area contributed by atoms with Crippen LogP contribution >= 0.6 is 0 Å². The van der Waals surface area contributed by atoms with E-state index in [0.29, 0.717) is 18.1 Å². The van der Waals surface area contributed by atoms with Crippen molar-refractivity contribution in [1.29, 1.82) is 0 Å². The first-order valence-corrected chi connectivity index (χ1v) is 4.55. The molecule has 2 aromatic heterocycles. The number of carboxylic acids is 1. The minimum absolute atomic E-state index is 0.0672. The number of hydrogen-bond donors (Lipinski definition) is 1. The van der Waals surface area contributed by atoms with E-state index in [4.69, 9.17) is 9.52 Å². The van der Waals surface area contributed by atoms with E-state index in [1.165, 1.54) is 0 Å². The summed E-state index contributed by atoms with van der Waals surface area (Å²) in [6.07, 6.45) is 5.40. The molecule has 0 spiro atoms. The molecule has 0 aliphatic rings. The van der Waals surface area contributed by atoms with Gasteiger partial charge in [0.15, 0.2) is 0 Å². The van der Waals surface area contributed by atoms with Crippen molar-refractivity contribution in [2.24, 2.45) is 0 Å². The number of nitrogens with zero attached hydrogens (tertiary/aromatic N) is 2. The maximum Gasteiger partial charge on any atom is 0.303 e. The van der Waals surface area contributed by atoms with Gasteiger partial charge in [-0.25, -0.2) is 4.98 Å². The smallest absolute Gasteiger partial charge is 0.303 e. The molecule has 1 N–H and O–H groups in total. The molecular formula is C10H10N2O3. The van der Waals surface area contributed by atoms with Crippen LogP contribution in [0.25, 0.3) is 5.88 Å². The number of aliphatic carboxylic acids is 1. The molecule has 0 saturated heterocycles. The van der Waals surface area contributed by atoms with Gasteiger partial charge < -0.3 is 9.52 Å². The molecule has 0 aliphatic carbocycles. The highest BCUT2D eigenvalue weighted by atomic mass is 16.4. The van der Waals surface area contributed by atoms with Gasteiger partial charge in [-0.2, -0.15) is 0 Å². The van der Waals surface area contributed by atoms with Crippen LogP contribution < -0.4 is 0 Å². The average Bonchev–Trinajstić information content (AvgIpc) is 2.85. The first-order chi connectivity index (χ1) is 7.27. The van der Waals surface area contributed by atoms with Crippen LogP contribution in [0.1, 0.15) is 12.2 Å². The fourth-order valence-corrected chi connectivity index (χ4v) is 1.35. The van der Waals surface area contributed by atoms with Gasteiger partial charge in [-0.15, -0.1) is 0 Å². The molecule has 0 aliphatic heterocycles. The van der Waals surface area contributed by atoms with Crippen LogP contribution in [0.3, 0.4) is 0 Å². The summed E-state index contributed by atoms with van der Waals surface area (Å²) in [7, 11) is 0. The van der Waals surface area contributed by atoms with Gasteiger partial charge in [0.05, 0.1) is 12.7 Å². The van der Waals surface area contributed by atoms with Crippen molar-refractivity contribution in [3.05, 3.63) is 36.6 Å². The predicted molar refractivity (Wildman–Crippen MR) is 51.8 cm³/mol. The van der Waals surface area contributed by atoms with E-state index >= 15 is 0 Å². The molecule has 78 valence electrons. The van der Waals surface area contributed by atoms with Gasteiger partial charge in [-0.05, 0) is 6.07 Å². The number of furan rings is 1. The zero-order valence-electron chi connectivity index (χ0n) is 7.96. The van der Waals surface area contributed by atoms with Crippen molar-refractivity contribution in [2.75, 3.05) is 0 Å². The third-order valence-electron chi connectivity index (χ3n) is 2.02. The van der Waals surface area contributed by atoms with Gasteiger partial charge in [-0.1, -0.05) is 0 Å². The zero-order valence-corrected chi connectivity index (χ0v) is 7.96. The lowest BCUT2D eigenvalue weighted by Crippen LogP contribution is -2.03. The van der Waals surface area contributed by atoms with Crippen LogP contribution in [0, 0.1) is 0 Å². The molecule has 0 atom stereocenters. The van der Waals surface area contributed by atoms with E-state index in [-0.39, 0.29) is 6.42 Å². The monoisotopic (exact) mass is 206 g/mol. The van der Waals surface area contributed by atoms with Crippen molar-refractivity contribution in [1.82, 2.24) is 9.55 Å². The van der Waals surface area contributed by atoms with Crippen molar-refractivity contribution in [3.8, 4) is 5.88 Å². The van der Waals surface area contributed by atoms with Gasteiger partial charge in [0.1, 0.15) is 5.82 Å². The molecular weight excluding hydrogens is 196 g/mol. The standard InChI is InChI=1S/C10H10N2O3/c13-10(14)4-3-8-11-5-6-12(8)9-2-1-7-15-9/h1-2,5-7H,3-4H2,(H,13,14). The second-order valence-electron chi connectivity index (χ2n) is 3.06. The molecule has 0 amide bonds. The Kier molecular flexibility index (Phi) is 2.53. The first kappa shape index (κ1) is 9.51. The van der Waals surface area contributed by atoms with Crippen LogP contribution in [-0.4, -0.2) is 20.6 Å². The summed E-state index contributed by atoms with van der Waals surface area (Å²) in [5, 5.41) is 8.57. The van der Waals surface area contributed by atoms with Crippen LogP contribution in [0.4, 0.5) is 0 Å². The van der Waals surface area contributed by atoms with Crippen LogP contribution in [-0.2, 0) is 11.2 Å². The summed E-state index contributed by atoms with van der Waals surface area (Å²) in [5.74, 6) is 0.504. The minimum atomic E-state index is -0.830. The molecule has 0 unspecified atom stereocenters. The number of carboxylic acid groups (broad SMARTS) is 1. The number of hydrogen-bond acceptors (Lipinski definition) is 3. The highest BCUT2D eigenvalue weighted by Crippen LogP contribution is 2.12. The fraction of sp³-hybridized carbons (Fsp3) is 0.200. The summed E-state index contributed by atoms with van der Waals surface area (Å²) >= 11 is 0. The minimum Gasteiger partial charge on any atom is -0.481 e. The lowest BCUT2D eigenvalue weighted by atomic mass is 10.3. The topological polar surface area (TPSA) is 68.3 Å². The van der Waals surface area contributed by atoms with Crippen molar-refractivity contribution >= 4 is 5.97 Å². The number of aryl methyl sites for hydroxylation is 1. The molecule has 0 fully saturated rings. The predicted octanol–water partition coefficient (Wildman–Crippen LogP) is 1.48. The normalized spacial score (nSPS) is 10.4. The summed E-state index contributed by atoms with van der Waals surface area (Å²) in [5.41, 5.74) is 0. The first-order valence-electron chi connectivity index (χ1n) is 4.55. The molecule has 2 heterocycles. The van der Waals surface area contributed by atoms with E-state index in [2.05, 4.69) is 4.98 Å². The molecule has 0 saturated carbocycles. The van der Waals surface area contributed by atoms with E-state index in [1.807, 2.05) is 0 Å². The summed E-state index contributed by atoms with van der Waals surface area (Å²) in [6, 6.07) is 3.57. The maximum atomic E-state index is 10.4. The molecule has 0 bridgehead atoms. The van der Waals surface area contributed by atoms with Gasteiger partial charge in [0, 0.05) is 24.9 Å². The number of carbonyl (C=O) groups is 1. The Morgan fingerprint density at radius 2 is 2.47 bits per heavy atom. The Bertz CT molecular complexity index is 445. The Morgan fingerprint density at radius 3 is 3.13 bits per heavy atom. The number of imidazole rings is 1. The van der Waals surface area contributed by atoms with Crippen LogP contribution in [0.5, 0.6) is 0 Å². The Morgan fingerprint density at radius 1 is 1.60 bits per heavy atom. The Labute approximate surface area is 86.0 Å².